The molecule has 0 aliphatic heterocycles. The zero-order valence-corrected chi connectivity index (χ0v) is 14.6. The number of benzene rings is 1. The average molecular weight is 333 g/mol. The minimum Gasteiger partial charge on any atom is -0.484 e. The minimum atomic E-state index is -0.257. The van der Waals surface area contributed by atoms with Crippen LogP contribution in [-0.4, -0.2) is 42.6 Å². The fourth-order valence-electron chi connectivity index (χ4n) is 3.03. The van der Waals surface area contributed by atoms with Gasteiger partial charge in [-0.15, -0.1) is 0 Å². The molecule has 1 aromatic rings. The molecule has 0 bridgehead atoms. The van der Waals surface area contributed by atoms with Crippen LogP contribution in [0.4, 0.5) is 0 Å². The van der Waals surface area contributed by atoms with Crippen molar-refractivity contribution in [3.8, 4) is 5.75 Å². The molecule has 1 fully saturated rings. The van der Waals surface area contributed by atoms with E-state index in [-0.39, 0.29) is 30.9 Å². The van der Waals surface area contributed by atoms with Gasteiger partial charge in [-0.25, -0.2) is 0 Å². The van der Waals surface area contributed by atoms with Crippen molar-refractivity contribution < 1.29 is 19.1 Å². The Labute approximate surface area is 143 Å². The minimum absolute atomic E-state index is 0.00237. The van der Waals surface area contributed by atoms with Crippen molar-refractivity contribution in [3.63, 3.8) is 0 Å². The first-order valence-electron chi connectivity index (χ1n) is 8.74. The largest absolute Gasteiger partial charge is 0.484 e. The number of nitrogens with zero attached hydrogens (tertiary/aromatic N) is 1. The molecule has 2 rings (SSSR count). The highest BCUT2D eigenvalue weighted by Crippen LogP contribution is 2.24. The average Bonchev–Trinajstić information content (AvgIpc) is 3.09. The second-order valence-electron chi connectivity index (χ2n) is 6.18. The summed E-state index contributed by atoms with van der Waals surface area (Å²) in [5, 5.41) is 0. The molecule has 0 radical (unpaired) electrons. The molecule has 5 nitrogen and oxygen atoms in total. The summed E-state index contributed by atoms with van der Waals surface area (Å²) in [6.45, 7) is 4.56. The van der Waals surface area contributed by atoms with Crippen molar-refractivity contribution in [3.05, 3.63) is 29.8 Å². The fourth-order valence-corrected chi connectivity index (χ4v) is 3.03. The van der Waals surface area contributed by atoms with E-state index in [1.807, 2.05) is 31.2 Å². The molecule has 0 N–H and O–H groups in total. The van der Waals surface area contributed by atoms with Crippen LogP contribution >= 0.6 is 0 Å². The van der Waals surface area contributed by atoms with Crippen molar-refractivity contribution in [1.29, 1.82) is 0 Å². The summed E-state index contributed by atoms with van der Waals surface area (Å²) in [4.78, 5) is 26.0. The van der Waals surface area contributed by atoms with Crippen LogP contribution in [0, 0.1) is 6.92 Å². The summed E-state index contributed by atoms with van der Waals surface area (Å²) in [5.41, 5.74) is 1.15. The molecule has 0 spiro atoms. The zero-order chi connectivity index (χ0) is 17.4. The van der Waals surface area contributed by atoms with Gasteiger partial charge in [0.05, 0.1) is 13.0 Å². The predicted octanol–water partition coefficient (Wildman–Crippen LogP) is 3.10. The van der Waals surface area contributed by atoms with E-state index in [1.165, 1.54) is 0 Å². The Hall–Kier alpha value is -2.04. The Bertz CT molecular complexity index is 535. The van der Waals surface area contributed by atoms with E-state index in [9.17, 15) is 9.59 Å². The topological polar surface area (TPSA) is 55.8 Å². The standard InChI is InChI=1S/C19H27NO4/c1-3-23-19(22)12-13-20(16-6-4-5-7-16)18(21)14-24-17-10-8-15(2)9-11-17/h8-11,16H,3-7,12-14H2,1-2H3. The number of ether oxygens (including phenoxy) is 2. The highest BCUT2D eigenvalue weighted by molar-refractivity contribution is 5.79. The monoisotopic (exact) mass is 333 g/mol. The zero-order valence-electron chi connectivity index (χ0n) is 14.6. The number of carbonyl (C=O) groups excluding carboxylic acids is 2. The molecule has 0 saturated heterocycles. The van der Waals surface area contributed by atoms with Gasteiger partial charge < -0.3 is 14.4 Å². The SMILES string of the molecule is CCOC(=O)CCN(C(=O)COc1ccc(C)cc1)C1CCCC1. The molecule has 1 aliphatic rings. The van der Waals surface area contributed by atoms with Gasteiger partial charge in [0.2, 0.25) is 0 Å². The van der Waals surface area contributed by atoms with Crippen LogP contribution in [0.2, 0.25) is 0 Å². The highest BCUT2D eigenvalue weighted by atomic mass is 16.5. The third-order valence-corrected chi connectivity index (χ3v) is 4.33. The summed E-state index contributed by atoms with van der Waals surface area (Å²) in [7, 11) is 0. The number of esters is 1. The molecule has 0 unspecified atom stereocenters. The first-order valence-corrected chi connectivity index (χ1v) is 8.74. The maximum Gasteiger partial charge on any atom is 0.307 e. The Balaban J connectivity index is 1.90. The van der Waals surface area contributed by atoms with Crippen molar-refractivity contribution in [1.82, 2.24) is 4.90 Å². The Kier molecular flexibility index (Phi) is 7.09. The molecular weight excluding hydrogens is 306 g/mol. The van der Waals surface area contributed by atoms with Crippen LogP contribution in [0.1, 0.15) is 44.6 Å². The summed E-state index contributed by atoms with van der Waals surface area (Å²) in [6, 6.07) is 7.85. The molecule has 1 amide bonds. The second kappa shape index (κ2) is 9.30. The summed E-state index contributed by atoms with van der Waals surface area (Å²) in [6.07, 6.45) is 4.50. The van der Waals surface area contributed by atoms with Crippen LogP contribution in [0.3, 0.4) is 0 Å². The van der Waals surface area contributed by atoms with Gasteiger partial charge in [-0.3, -0.25) is 9.59 Å². The predicted molar refractivity (Wildman–Crippen MR) is 91.9 cm³/mol. The lowest BCUT2D eigenvalue weighted by molar-refractivity contribution is -0.144. The van der Waals surface area contributed by atoms with Gasteiger partial charge in [0.1, 0.15) is 5.75 Å². The quantitative estimate of drug-likeness (QED) is 0.686. The molecule has 1 saturated carbocycles. The van der Waals surface area contributed by atoms with E-state index in [4.69, 9.17) is 9.47 Å². The van der Waals surface area contributed by atoms with Crippen molar-refractivity contribution >= 4 is 11.9 Å². The van der Waals surface area contributed by atoms with Gasteiger partial charge in [-0.05, 0) is 38.8 Å². The maximum atomic E-state index is 12.6. The Morgan fingerprint density at radius 1 is 1.17 bits per heavy atom. The Morgan fingerprint density at radius 3 is 2.46 bits per heavy atom. The van der Waals surface area contributed by atoms with Gasteiger partial charge in [-0.1, -0.05) is 30.5 Å². The molecule has 1 aromatic carbocycles. The van der Waals surface area contributed by atoms with Crippen LogP contribution < -0.4 is 4.74 Å². The summed E-state index contributed by atoms with van der Waals surface area (Å²) >= 11 is 0. The smallest absolute Gasteiger partial charge is 0.307 e. The van der Waals surface area contributed by atoms with Gasteiger partial charge in [0.15, 0.2) is 6.61 Å². The van der Waals surface area contributed by atoms with E-state index in [2.05, 4.69) is 0 Å². The van der Waals surface area contributed by atoms with Crippen molar-refractivity contribution in [2.24, 2.45) is 0 Å². The van der Waals surface area contributed by atoms with E-state index < -0.39 is 0 Å². The Morgan fingerprint density at radius 2 is 1.83 bits per heavy atom. The number of hydrogen-bond acceptors (Lipinski definition) is 4. The molecule has 0 aromatic heterocycles. The van der Waals surface area contributed by atoms with Gasteiger partial charge >= 0.3 is 5.97 Å². The molecule has 5 heteroatoms. The normalized spacial score (nSPS) is 14.4. The first kappa shape index (κ1) is 18.3. The number of amides is 1. The number of aryl methyl sites for hydroxylation is 1. The van der Waals surface area contributed by atoms with Crippen LogP contribution in [0.15, 0.2) is 24.3 Å². The second-order valence-corrected chi connectivity index (χ2v) is 6.18. The fraction of sp³-hybridized carbons (Fsp3) is 0.579. The molecular formula is C19H27NO4. The maximum absolute atomic E-state index is 12.6. The number of carbonyl (C=O) groups is 2. The molecule has 1 aliphatic carbocycles. The number of hydrogen-bond donors (Lipinski definition) is 0. The number of rotatable bonds is 8. The third-order valence-electron chi connectivity index (χ3n) is 4.33. The molecule has 0 atom stereocenters. The first-order chi connectivity index (χ1) is 11.6. The van der Waals surface area contributed by atoms with E-state index in [0.717, 1.165) is 31.2 Å². The van der Waals surface area contributed by atoms with Gasteiger partial charge in [-0.2, -0.15) is 0 Å². The lowest BCUT2D eigenvalue weighted by Crippen LogP contribution is -2.42. The van der Waals surface area contributed by atoms with Crippen LogP contribution in [0.5, 0.6) is 5.75 Å². The third kappa shape index (κ3) is 5.55. The summed E-state index contributed by atoms with van der Waals surface area (Å²) < 4.78 is 10.6. The van der Waals surface area contributed by atoms with E-state index in [0.29, 0.717) is 18.9 Å². The lowest BCUT2D eigenvalue weighted by atomic mass is 10.2. The van der Waals surface area contributed by atoms with Crippen LogP contribution in [-0.2, 0) is 14.3 Å². The van der Waals surface area contributed by atoms with Crippen molar-refractivity contribution in [2.75, 3.05) is 19.8 Å². The van der Waals surface area contributed by atoms with Crippen LogP contribution in [0.25, 0.3) is 0 Å². The van der Waals surface area contributed by atoms with E-state index >= 15 is 0 Å². The molecule has 0 heterocycles. The molecule has 132 valence electrons. The highest BCUT2D eigenvalue weighted by Gasteiger charge is 2.27. The van der Waals surface area contributed by atoms with Crippen molar-refractivity contribution in [2.45, 2.75) is 52.0 Å². The van der Waals surface area contributed by atoms with Gasteiger partial charge in [0.25, 0.3) is 5.91 Å². The molecule has 24 heavy (non-hydrogen) atoms. The van der Waals surface area contributed by atoms with Gasteiger partial charge in [0, 0.05) is 12.6 Å². The summed E-state index contributed by atoms with van der Waals surface area (Å²) in [5.74, 6) is 0.366. The van der Waals surface area contributed by atoms with E-state index in [1.54, 1.807) is 11.8 Å². The lowest BCUT2D eigenvalue weighted by Gasteiger charge is -2.28.